The Kier molecular flexibility index (Phi) is 8.28. The van der Waals surface area contributed by atoms with E-state index in [0.717, 1.165) is 44.0 Å². The van der Waals surface area contributed by atoms with Gasteiger partial charge in [-0.15, -0.1) is 0 Å². The summed E-state index contributed by atoms with van der Waals surface area (Å²) >= 11 is 0. The molecule has 1 aliphatic rings. The van der Waals surface area contributed by atoms with Crippen LogP contribution in [0.3, 0.4) is 0 Å². The van der Waals surface area contributed by atoms with Gasteiger partial charge in [0.2, 0.25) is 0 Å². The zero-order valence-corrected chi connectivity index (χ0v) is 17.1. The lowest BCUT2D eigenvalue weighted by molar-refractivity contribution is 0.00718. The Labute approximate surface area is 172 Å². The highest BCUT2D eigenvalue weighted by Gasteiger charge is 2.19. The topological polar surface area (TPSA) is 45.2 Å². The summed E-state index contributed by atoms with van der Waals surface area (Å²) in [5, 5.41) is 10.2. The van der Waals surface area contributed by atoms with Crippen LogP contribution in [0.2, 0.25) is 0 Å². The molecule has 1 fully saturated rings. The highest BCUT2D eigenvalue weighted by atomic mass is 19.1. The number of aryl methyl sites for hydroxylation is 1. The summed E-state index contributed by atoms with van der Waals surface area (Å²) in [6.07, 6.45) is 0.499. The number of hydrogen-bond acceptors (Lipinski definition) is 5. The number of nitrogens with zero attached hydrogens (tertiary/aromatic N) is 2. The van der Waals surface area contributed by atoms with Gasteiger partial charge < -0.3 is 19.5 Å². The quantitative estimate of drug-likeness (QED) is 0.619. The average Bonchev–Trinajstić information content (AvgIpc) is 2.75. The van der Waals surface area contributed by atoms with E-state index in [1.807, 2.05) is 24.3 Å². The fourth-order valence-corrected chi connectivity index (χ4v) is 3.45. The van der Waals surface area contributed by atoms with E-state index < -0.39 is 6.10 Å². The molecule has 0 unspecified atom stereocenters. The zero-order chi connectivity index (χ0) is 20.5. The molecule has 0 saturated carbocycles. The summed E-state index contributed by atoms with van der Waals surface area (Å²) < 4.78 is 24.3. The molecule has 2 aromatic rings. The van der Waals surface area contributed by atoms with Crippen LogP contribution >= 0.6 is 0 Å². The summed E-state index contributed by atoms with van der Waals surface area (Å²) in [4.78, 5) is 4.48. The van der Waals surface area contributed by atoms with Gasteiger partial charge in [-0.1, -0.05) is 19.1 Å². The molecule has 5 nitrogen and oxygen atoms in total. The number of halogens is 1. The third kappa shape index (κ3) is 6.99. The lowest BCUT2D eigenvalue weighted by Crippen LogP contribution is -2.49. The van der Waals surface area contributed by atoms with E-state index in [0.29, 0.717) is 26.4 Å². The largest absolute Gasteiger partial charge is 0.491 e. The number of ether oxygens (including phenoxy) is 2. The van der Waals surface area contributed by atoms with E-state index in [2.05, 4.69) is 28.9 Å². The van der Waals surface area contributed by atoms with Gasteiger partial charge in [-0.2, -0.15) is 0 Å². The van der Waals surface area contributed by atoms with Crippen LogP contribution in [0, 0.1) is 5.82 Å². The van der Waals surface area contributed by atoms with Gasteiger partial charge in [0.1, 0.15) is 18.2 Å². The molecule has 1 heterocycles. The molecule has 0 bridgehead atoms. The predicted molar refractivity (Wildman–Crippen MR) is 113 cm³/mol. The minimum Gasteiger partial charge on any atom is -0.491 e. The number of aliphatic hydroxyl groups is 1. The second kappa shape index (κ2) is 11.1. The molecule has 0 radical (unpaired) electrons. The minimum atomic E-state index is -0.517. The number of piperazine rings is 1. The fraction of sp³-hybridized carbons (Fsp3) is 0.478. The van der Waals surface area contributed by atoms with Crippen LogP contribution in [-0.4, -0.2) is 68.7 Å². The Hall–Kier alpha value is -2.15. The van der Waals surface area contributed by atoms with Crippen molar-refractivity contribution in [2.45, 2.75) is 19.4 Å². The highest BCUT2D eigenvalue weighted by molar-refractivity contribution is 5.46. The van der Waals surface area contributed by atoms with E-state index in [-0.39, 0.29) is 5.82 Å². The molecule has 2 aromatic carbocycles. The van der Waals surface area contributed by atoms with E-state index in [9.17, 15) is 9.50 Å². The summed E-state index contributed by atoms with van der Waals surface area (Å²) in [6.45, 7) is 7.40. The minimum absolute atomic E-state index is 0.213. The first-order valence-corrected chi connectivity index (χ1v) is 10.3. The highest BCUT2D eigenvalue weighted by Crippen LogP contribution is 2.17. The Balaban J connectivity index is 1.27. The van der Waals surface area contributed by atoms with Crippen LogP contribution < -0.4 is 9.64 Å². The smallest absolute Gasteiger partial charge is 0.123 e. The molecule has 0 aromatic heterocycles. The number of hydrogen-bond donors (Lipinski definition) is 1. The maximum absolute atomic E-state index is 13.0. The molecular weight excluding hydrogens is 371 g/mol. The van der Waals surface area contributed by atoms with Gasteiger partial charge in [-0.05, 0) is 48.4 Å². The van der Waals surface area contributed by atoms with E-state index >= 15 is 0 Å². The normalized spacial score (nSPS) is 16.0. The molecule has 3 rings (SSSR count). The Morgan fingerprint density at radius 3 is 2.31 bits per heavy atom. The second-order valence-corrected chi connectivity index (χ2v) is 7.34. The maximum atomic E-state index is 13.0. The van der Waals surface area contributed by atoms with Gasteiger partial charge >= 0.3 is 0 Å². The average molecular weight is 403 g/mol. The third-order valence-corrected chi connectivity index (χ3v) is 5.17. The monoisotopic (exact) mass is 402 g/mol. The first kappa shape index (κ1) is 21.6. The van der Waals surface area contributed by atoms with Crippen LogP contribution in [0.25, 0.3) is 0 Å². The standard InChI is InChI=1S/C23H31FN2O3/c1-2-19-3-9-23(10-4-19)29-16-15-28-18-22(27)17-25-11-13-26(14-12-25)21-7-5-20(24)6-8-21/h3-10,22,27H,2,11-18H2,1H3/t22-/m1/s1. The van der Waals surface area contributed by atoms with Gasteiger partial charge in [-0.25, -0.2) is 4.39 Å². The Bertz CT molecular complexity index is 716. The van der Waals surface area contributed by atoms with Gasteiger partial charge in [0.25, 0.3) is 0 Å². The first-order valence-electron chi connectivity index (χ1n) is 10.3. The molecule has 6 heteroatoms. The van der Waals surface area contributed by atoms with Crippen LogP contribution in [0.4, 0.5) is 10.1 Å². The number of anilines is 1. The number of benzene rings is 2. The molecular formula is C23H31FN2O3. The maximum Gasteiger partial charge on any atom is 0.123 e. The summed E-state index contributed by atoms with van der Waals surface area (Å²) in [5.41, 5.74) is 2.33. The lowest BCUT2D eigenvalue weighted by atomic mass is 10.2. The van der Waals surface area contributed by atoms with Crippen LogP contribution in [-0.2, 0) is 11.2 Å². The van der Waals surface area contributed by atoms with Crippen LogP contribution in [0.5, 0.6) is 5.75 Å². The second-order valence-electron chi connectivity index (χ2n) is 7.34. The molecule has 29 heavy (non-hydrogen) atoms. The van der Waals surface area contributed by atoms with Crippen LogP contribution in [0.1, 0.15) is 12.5 Å². The Morgan fingerprint density at radius 2 is 1.66 bits per heavy atom. The van der Waals surface area contributed by atoms with Gasteiger partial charge in [0.05, 0.1) is 19.3 Å². The summed E-state index contributed by atoms with van der Waals surface area (Å²) in [6, 6.07) is 14.7. The Morgan fingerprint density at radius 1 is 0.966 bits per heavy atom. The summed E-state index contributed by atoms with van der Waals surface area (Å²) in [7, 11) is 0. The van der Waals surface area contributed by atoms with Crippen molar-refractivity contribution in [3.8, 4) is 5.75 Å². The lowest BCUT2D eigenvalue weighted by Gasteiger charge is -2.36. The van der Waals surface area contributed by atoms with Gasteiger partial charge in [0.15, 0.2) is 0 Å². The van der Waals surface area contributed by atoms with E-state index in [4.69, 9.17) is 9.47 Å². The van der Waals surface area contributed by atoms with Crippen molar-refractivity contribution in [2.24, 2.45) is 0 Å². The molecule has 1 saturated heterocycles. The fourth-order valence-electron chi connectivity index (χ4n) is 3.45. The number of rotatable bonds is 10. The molecule has 0 aliphatic carbocycles. The molecule has 0 spiro atoms. The van der Waals surface area contributed by atoms with Crippen molar-refractivity contribution in [2.75, 3.05) is 57.4 Å². The first-order chi connectivity index (χ1) is 14.1. The zero-order valence-electron chi connectivity index (χ0n) is 17.1. The number of β-amino-alcohol motifs (C(OH)–C–C–N with tert-alkyl or cyclic N) is 1. The van der Waals surface area contributed by atoms with Crippen molar-refractivity contribution in [1.29, 1.82) is 0 Å². The molecule has 1 N–H and O–H groups in total. The van der Waals surface area contributed by atoms with Crippen LogP contribution in [0.15, 0.2) is 48.5 Å². The van der Waals surface area contributed by atoms with Crippen molar-refractivity contribution in [3.05, 3.63) is 59.9 Å². The summed E-state index contributed by atoms with van der Waals surface area (Å²) in [5.74, 6) is 0.626. The molecule has 1 aliphatic heterocycles. The molecule has 158 valence electrons. The number of aliphatic hydroxyl groups excluding tert-OH is 1. The van der Waals surface area contributed by atoms with Crippen molar-refractivity contribution >= 4 is 5.69 Å². The third-order valence-electron chi connectivity index (χ3n) is 5.17. The van der Waals surface area contributed by atoms with Crippen molar-refractivity contribution in [1.82, 2.24) is 4.90 Å². The predicted octanol–water partition coefficient (Wildman–Crippen LogP) is 2.97. The van der Waals surface area contributed by atoms with Gasteiger partial charge in [-0.3, -0.25) is 4.90 Å². The van der Waals surface area contributed by atoms with Crippen molar-refractivity contribution in [3.63, 3.8) is 0 Å². The van der Waals surface area contributed by atoms with E-state index in [1.165, 1.54) is 17.7 Å². The van der Waals surface area contributed by atoms with E-state index in [1.54, 1.807) is 0 Å². The van der Waals surface area contributed by atoms with Gasteiger partial charge in [0, 0.05) is 38.4 Å². The molecule has 1 atom stereocenters. The SMILES string of the molecule is CCc1ccc(OCCOC[C@H](O)CN2CCN(c3ccc(F)cc3)CC2)cc1. The van der Waals surface area contributed by atoms with Crippen molar-refractivity contribution < 1.29 is 19.0 Å². The molecule has 0 amide bonds.